The summed E-state index contributed by atoms with van der Waals surface area (Å²) in [6.45, 7) is 4.26. The van der Waals surface area contributed by atoms with Gasteiger partial charge in [-0.05, 0) is 24.6 Å². The number of sulfone groups is 1. The van der Waals surface area contributed by atoms with E-state index in [1.54, 1.807) is 18.2 Å². The molecule has 0 aliphatic heterocycles. The van der Waals surface area contributed by atoms with Gasteiger partial charge in [0.15, 0.2) is 9.84 Å². The Balaban J connectivity index is 2.46. The molecule has 1 heterocycles. The van der Waals surface area contributed by atoms with Gasteiger partial charge in [0.1, 0.15) is 5.82 Å². The molecule has 1 atom stereocenters. The van der Waals surface area contributed by atoms with E-state index in [1.165, 1.54) is 6.26 Å². The van der Waals surface area contributed by atoms with E-state index in [2.05, 4.69) is 23.8 Å². The third-order valence-electron chi connectivity index (χ3n) is 3.09. The van der Waals surface area contributed by atoms with Gasteiger partial charge < -0.3 is 4.98 Å². The van der Waals surface area contributed by atoms with Crippen molar-refractivity contribution in [3.8, 4) is 0 Å². The van der Waals surface area contributed by atoms with Crippen LogP contribution in [0.2, 0.25) is 0 Å². The number of nitrogens with one attached hydrogen (secondary N) is 1. The summed E-state index contributed by atoms with van der Waals surface area (Å²) in [5.41, 5.74) is 1.61. The molecule has 2 aromatic rings. The molecule has 98 valence electrons. The number of imidazole rings is 1. The van der Waals surface area contributed by atoms with Crippen LogP contribution in [0.15, 0.2) is 23.1 Å². The highest BCUT2D eigenvalue weighted by molar-refractivity contribution is 7.90. The molecule has 0 radical (unpaired) electrons. The predicted octanol–water partition coefficient (Wildman–Crippen LogP) is 2.87. The second-order valence-electron chi connectivity index (χ2n) is 4.76. The van der Waals surface area contributed by atoms with Crippen molar-refractivity contribution in [3.05, 3.63) is 24.0 Å². The Morgan fingerprint density at radius 1 is 1.39 bits per heavy atom. The molecule has 1 unspecified atom stereocenters. The van der Waals surface area contributed by atoms with Gasteiger partial charge in [-0.25, -0.2) is 13.4 Å². The maximum absolute atomic E-state index is 11.5. The summed E-state index contributed by atoms with van der Waals surface area (Å²) in [5, 5.41) is 0. The number of rotatable bonds is 4. The Hall–Kier alpha value is -1.36. The van der Waals surface area contributed by atoms with Gasteiger partial charge in [0.05, 0.1) is 15.9 Å². The van der Waals surface area contributed by atoms with Crippen molar-refractivity contribution in [1.82, 2.24) is 9.97 Å². The first kappa shape index (κ1) is 13.1. The standard InChI is InChI=1S/C13H18N2O2S/c1-4-5-9(2)13-14-11-7-6-10(18(3,16)17)8-12(11)15-13/h6-9H,4-5H2,1-3H3,(H,14,15). The summed E-state index contributed by atoms with van der Waals surface area (Å²) >= 11 is 0. The van der Waals surface area contributed by atoms with Crippen LogP contribution < -0.4 is 0 Å². The zero-order valence-electron chi connectivity index (χ0n) is 10.9. The number of aromatic nitrogens is 2. The molecule has 0 amide bonds. The summed E-state index contributed by atoms with van der Waals surface area (Å²) in [4.78, 5) is 8.05. The third-order valence-corrected chi connectivity index (χ3v) is 4.20. The topological polar surface area (TPSA) is 62.8 Å². The molecule has 0 spiro atoms. The first-order valence-corrected chi connectivity index (χ1v) is 8.00. The smallest absolute Gasteiger partial charge is 0.175 e. The van der Waals surface area contributed by atoms with Crippen LogP contribution in [-0.2, 0) is 9.84 Å². The molecule has 1 aromatic carbocycles. The van der Waals surface area contributed by atoms with E-state index in [0.717, 1.165) is 29.7 Å². The second-order valence-corrected chi connectivity index (χ2v) is 6.78. The highest BCUT2D eigenvalue weighted by Gasteiger charge is 2.12. The van der Waals surface area contributed by atoms with E-state index >= 15 is 0 Å². The summed E-state index contributed by atoms with van der Waals surface area (Å²) in [6, 6.07) is 5.01. The molecule has 4 nitrogen and oxygen atoms in total. The molecular formula is C13H18N2O2S. The number of benzene rings is 1. The zero-order valence-corrected chi connectivity index (χ0v) is 11.7. The fourth-order valence-electron chi connectivity index (χ4n) is 2.04. The fraction of sp³-hybridized carbons (Fsp3) is 0.462. The number of nitrogens with zero attached hydrogens (tertiary/aromatic N) is 1. The van der Waals surface area contributed by atoms with E-state index < -0.39 is 9.84 Å². The molecule has 5 heteroatoms. The Kier molecular flexibility index (Phi) is 3.43. The molecule has 0 fully saturated rings. The monoisotopic (exact) mass is 266 g/mol. The van der Waals surface area contributed by atoms with Gasteiger partial charge in [0.2, 0.25) is 0 Å². The Labute approximate surface area is 107 Å². The molecule has 2 rings (SSSR count). The fourth-order valence-corrected chi connectivity index (χ4v) is 2.69. The minimum atomic E-state index is -3.16. The van der Waals surface area contributed by atoms with Crippen LogP contribution in [0, 0.1) is 0 Å². The van der Waals surface area contributed by atoms with Gasteiger partial charge in [-0.1, -0.05) is 20.3 Å². The van der Waals surface area contributed by atoms with Gasteiger partial charge in [-0.15, -0.1) is 0 Å². The zero-order chi connectivity index (χ0) is 13.3. The summed E-state index contributed by atoms with van der Waals surface area (Å²) in [5.74, 6) is 1.29. The van der Waals surface area contributed by atoms with Crippen LogP contribution in [0.4, 0.5) is 0 Å². The Morgan fingerprint density at radius 3 is 2.72 bits per heavy atom. The Morgan fingerprint density at radius 2 is 2.11 bits per heavy atom. The van der Waals surface area contributed by atoms with Crippen molar-refractivity contribution in [1.29, 1.82) is 0 Å². The number of aromatic amines is 1. The first-order valence-electron chi connectivity index (χ1n) is 6.11. The van der Waals surface area contributed by atoms with Crippen molar-refractivity contribution in [3.63, 3.8) is 0 Å². The number of hydrogen-bond donors (Lipinski definition) is 1. The molecule has 0 saturated heterocycles. The molecule has 0 aliphatic carbocycles. The van der Waals surface area contributed by atoms with Crippen molar-refractivity contribution < 1.29 is 8.42 Å². The highest BCUT2D eigenvalue weighted by atomic mass is 32.2. The van der Waals surface area contributed by atoms with E-state index in [1.807, 2.05) is 0 Å². The second kappa shape index (κ2) is 4.72. The maximum atomic E-state index is 11.5. The summed E-state index contributed by atoms with van der Waals surface area (Å²) in [6.07, 6.45) is 3.39. The van der Waals surface area contributed by atoms with Gasteiger partial charge >= 0.3 is 0 Å². The van der Waals surface area contributed by atoms with Gasteiger partial charge in [-0.2, -0.15) is 0 Å². The van der Waals surface area contributed by atoms with E-state index in [0.29, 0.717) is 10.8 Å². The molecule has 18 heavy (non-hydrogen) atoms. The van der Waals surface area contributed by atoms with Crippen LogP contribution in [0.1, 0.15) is 38.4 Å². The highest BCUT2D eigenvalue weighted by Crippen LogP contribution is 2.23. The Bertz CT molecular complexity index is 659. The minimum absolute atomic E-state index is 0.327. The van der Waals surface area contributed by atoms with Crippen LogP contribution >= 0.6 is 0 Å². The SMILES string of the molecule is CCCC(C)c1nc2ccc(S(C)(=O)=O)cc2[nH]1. The average molecular weight is 266 g/mol. The van der Waals surface area contributed by atoms with Gasteiger partial charge in [0.25, 0.3) is 0 Å². The van der Waals surface area contributed by atoms with E-state index in [9.17, 15) is 8.42 Å². The lowest BCUT2D eigenvalue weighted by Gasteiger charge is -2.04. The number of H-pyrrole nitrogens is 1. The minimum Gasteiger partial charge on any atom is -0.342 e. The van der Waals surface area contributed by atoms with Crippen molar-refractivity contribution in [2.24, 2.45) is 0 Å². The molecule has 0 bridgehead atoms. The normalized spacial score (nSPS) is 13.9. The van der Waals surface area contributed by atoms with Crippen LogP contribution in [0.3, 0.4) is 0 Å². The van der Waals surface area contributed by atoms with Crippen molar-refractivity contribution in [2.75, 3.05) is 6.26 Å². The molecule has 0 aliphatic rings. The van der Waals surface area contributed by atoms with Gasteiger partial charge in [0, 0.05) is 12.2 Å². The number of fused-ring (bicyclic) bond motifs is 1. The lowest BCUT2D eigenvalue weighted by atomic mass is 10.1. The first-order chi connectivity index (χ1) is 8.41. The largest absolute Gasteiger partial charge is 0.342 e. The van der Waals surface area contributed by atoms with E-state index in [-0.39, 0.29) is 0 Å². The van der Waals surface area contributed by atoms with Crippen molar-refractivity contribution in [2.45, 2.75) is 37.5 Å². The predicted molar refractivity (Wildman–Crippen MR) is 72.5 cm³/mol. The molecule has 1 N–H and O–H groups in total. The maximum Gasteiger partial charge on any atom is 0.175 e. The summed E-state index contributed by atoms with van der Waals surface area (Å²) < 4.78 is 23.0. The average Bonchev–Trinajstić information content (AvgIpc) is 2.70. The summed E-state index contributed by atoms with van der Waals surface area (Å²) in [7, 11) is -3.16. The molecule has 1 aromatic heterocycles. The van der Waals surface area contributed by atoms with E-state index in [4.69, 9.17) is 0 Å². The lowest BCUT2D eigenvalue weighted by Crippen LogP contribution is -1.96. The van der Waals surface area contributed by atoms with Crippen LogP contribution in [0.25, 0.3) is 11.0 Å². The lowest BCUT2D eigenvalue weighted by molar-refractivity contribution is 0.602. The molecular weight excluding hydrogens is 248 g/mol. The number of hydrogen-bond acceptors (Lipinski definition) is 3. The van der Waals surface area contributed by atoms with Crippen LogP contribution in [-0.4, -0.2) is 24.6 Å². The quantitative estimate of drug-likeness (QED) is 0.925. The molecule has 0 saturated carbocycles. The van der Waals surface area contributed by atoms with Gasteiger partial charge in [-0.3, -0.25) is 0 Å². The van der Waals surface area contributed by atoms with Crippen LogP contribution in [0.5, 0.6) is 0 Å². The third kappa shape index (κ3) is 2.56. The van der Waals surface area contributed by atoms with Crippen molar-refractivity contribution >= 4 is 20.9 Å².